The van der Waals surface area contributed by atoms with Gasteiger partial charge in [-0.15, -0.1) is 10.2 Å². The second-order valence-corrected chi connectivity index (χ2v) is 7.43. The predicted molar refractivity (Wildman–Crippen MR) is 124 cm³/mol. The van der Waals surface area contributed by atoms with E-state index in [9.17, 15) is 0 Å². The quantitative estimate of drug-likeness (QED) is 0.251. The van der Waals surface area contributed by atoms with Crippen molar-refractivity contribution in [2.24, 2.45) is 4.99 Å². The first-order valence-corrected chi connectivity index (χ1v) is 10.9. The Labute approximate surface area is 188 Å². The maximum atomic E-state index is 5.71. The number of nitrogens with zero attached hydrogens (tertiary/aromatic N) is 4. The Hall–Kier alpha value is -3.33. The van der Waals surface area contributed by atoms with Crippen molar-refractivity contribution in [3.8, 4) is 5.75 Å². The fraction of sp³-hybridized carbons (Fsp3) is 0.435. The van der Waals surface area contributed by atoms with Gasteiger partial charge < -0.3 is 29.1 Å². The molecule has 1 aromatic carbocycles. The van der Waals surface area contributed by atoms with Gasteiger partial charge in [-0.05, 0) is 63.6 Å². The zero-order chi connectivity index (χ0) is 22.6. The lowest BCUT2D eigenvalue weighted by Gasteiger charge is -2.14. The molecular weight excluding hydrogens is 408 g/mol. The van der Waals surface area contributed by atoms with E-state index >= 15 is 0 Å². The summed E-state index contributed by atoms with van der Waals surface area (Å²) in [4.78, 5) is 4.68. The van der Waals surface area contributed by atoms with Crippen LogP contribution in [0.5, 0.6) is 5.75 Å². The van der Waals surface area contributed by atoms with Crippen molar-refractivity contribution >= 4 is 11.6 Å². The topological polar surface area (TPSA) is 98.7 Å². The number of anilines is 1. The third-order valence-electron chi connectivity index (χ3n) is 4.49. The summed E-state index contributed by atoms with van der Waals surface area (Å²) < 4.78 is 18.6. The normalized spacial score (nSPS) is 11.7. The number of hydrogen-bond donors (Lipinski definition) is 2. The van der Waals surface area contributed by atoms with E-state index in [1.165, 1.54) is 0 Å². The number of rotatable bonds is 12. The highest BCUT2D eigenvalue weighted by Crippen LogP contribution is 2.17. The molecule has 3 aromatic rings. The fourth-order valence-electron chi connectivity index (χ4n) is 2.93. The molecule has 0 spiro atoms. The van der Waals surface area contributed by atoms with Crippen molar-refractivity contribution in [2.75, 3.05) is 18.5 Å². The minimum atomic E-state index is 0.138. The smallest absolute Gasteiger partial charge is 0.196 e. The minimum Gasteiger partial charge on any atom is -0.491 e. The first-order chi connectivity index (χ1) is 15.6. The number of aliphatic imine (C=N–C) groups is 1. The van der Waals surface area contributed by atoms with Crippen molar-refractivity contribution in [3.05, 3.63) is 60.6 Å². The number of benzene rings is 1. The molecule has 0 aliphatic rings. The second kappa shape index (κ2) is 12.5. The van der Waals surface area contributed by atoms with Gasteiger partial charge in [0.15, 0.2) is 11.8 Å². The number of aryl methyl sites for hydroxylation is 1. The van der Waals surface area contributed by atoms with Crippen LogP contribution in [0.25, 0.3) is 0 Å². The van der Waals surface area contributed by atoms with Crippen molar-refractivity contribution in [1.29, 1.82) is 0 Å². The SMILES string of the molecule is CCn1cnnc1CN=C(NCCCOCc1ccco1)Nc1ccc(OC(C)C)cc1. The molecule has 32 heavy (non-hydrogen) atoms. The molecule has 3 rings (SSSR count). The van der Waals surface area contributed by atoms with E-state index in [0.29, 0.717) is 32.3 Å². The van der Waals surface area contributed by atoms with Crippen molar-refractivity contribution < 1.29 is 13.9 Å². The van der Waals surface area contributed by atoms with Crippen LogP contribution in [0.4, 0.5) is 5.69 Å². The highest BCUT2D eigenvalue weighted by atomic mass is 16.5. The molecule has 9 nitrogen and oxygen atoms in total. The molecule has 2 heterocycles. The highest BCUT2D eigenvalue weighted by Gasteiger charge is 2.05. The Morgan fingerprint density at radius 1 is 1.22 bits per heavy atom. The monoisotopic (exact) mass is 440 g/mol. The van der Waals surface area contributed by atoms with E-state index in [0.717, 1.165) is 36.0 Å². The van der Waals surface area contributed by atoms with Crippen LogP contribution in [-0.4, -0.2) is 40.0 Å². The third kappa shape index (κ3) is 7.73. The number of ether oxygens (including phenoxy) is 2. The van der Waals surface area contributed by atoms with Gasteiger partial charge in [-0.1, -0.05) is 0 Å². The summed E-state index contributed by atoms with van der Waals surface area (Å²) in [5.41, 5.74) is 0.915. The van der Waals surface area contributed by atoms with E-state index in [1.54, 1.807) is 12.6 Å². The van der Waals surface area contributed by atoms with Gasteiger partial charge in [-0.3, -0.25) is 0 Å². The van der Waals surface area contributed by atoms with Gasteiger partial charge in [0.1, 0.15) is 31.0 Å². The van der Waals surface area contributed by atoms with Crippen molar-refractivity contribution in [3.63, 3.8) is 0 Å². The number of nitrogens with one attached hydrogen (secondary N) is 2. The van der Waals surface area contributed by atoms with Crippen LogP contribution in [0.3, 0.4) is 0 Å². The Morgan fingerprint density at radius 2 is 2.06 bits per heavy atom. The maximum absolute atomic E-state index is 5.71. The molecule has 0 aliphatic carbocycles. The van der Waals surface area contributed by atoms with Crippen LogP contribution in [0.1, 0.15) is 38.8 Å². The molecule has 0 amide bonds. The average Bonchev–Trinajstić information content (AvgIpc) is 3.46. The van der Waals surface area contributed by atoms with E-state index in [1.807, 2.05) is 54.8 Å². The molecule has 0 saturated heterocycles. The van der Waals surface area contributed by atoms with Gasteiger partial charge in [0.25, 0.3) is 0 Å². The lowest BCUT2D eigenvalue weighted by molar-refractivity contribution is 0.105. The van der Waals surface area contributed by atoms with Crippen LogP contribution < -0.4 is 15.4 Å². The molecule has 0 bridgehead atoms. The van der Waals surface area contributed by atoms with E-state index in [2.05, 4.69) is 32.7 Å². The van der Waals surface area contributed by atoms with Gasteiger partial charge >= 0.3 is 0 Å². The summed E-state index contributed by atoms with van der Waals surface area (Å²) in [6, 6.07) is 11.6. The Kier molecular flexibility index (Phi) is 9.12. The molecule has 2 N–H and O–H groups in total. The first-order valence-electron chi connectivity index (χ1n) is 10.9. The number of hydrogen-bond acceptors (Lipinski definition) is 6. The molecule has 172 valence electrons. The molecule has 0 atom stereocenters. The van der Waals surface area contributed by atoms with Crippen molar-refractivity contribution in [2.45, 2.75) is 53.0 Å². The number of guanidine groups is 1. The Balaban J connectivity index is 1.54. The Morgan fingerprint density at radius 3 is 2.78 bits per heavy atom. The summed E-state index contributed by atoms with van der Waals surface area (Å²) in [5.74, 6) is 3.14. The average molecular weight is 441 g/mol. The van der Waals surface area contributed by atoms with Gasteiger partial charge in [0.2, 0.25) is 0 Å². The molecule has 0 unspecified atom stereocenters. The van der Waals surface area contributed by atoms with Gasteiger partial charge in [-0.2, -0.15) is 0 Å². The lowest BCUT2D eigenvalue weighted by atomic mass is 10.3. The van der Waals surface area contributed by atoms with Gasteiger partial charge in [0.05, 0.1) is 12.4 Å². The molecular formula is C23H32N6O3. The summed E-state index contributed by atoms with van der Waals surface area (Å²) in [6.07, 6.45) is 4.33. The van der Waals surface area contributed by atoms with Gasteiger partial charge in [-0.25, -0.2) is 4.99 Å². The van der Waals surface area contributed by atoms with E-state index < -0.39 is 0 Å². The zero-order valence-corrected chi connectivity index (χ0v) is 19.0. The molecule has 0 saturated carbocycles. The predicted octanol–water partition coefficient (Wildman–Crippen LogP) is 3.84. The highest BCUT2D eigenvalue weighted by molar-refractivity contribution is 5.93. The Bertz CT molecular complexity index is 935. The largest absolute Gasteiger partial charge is 0.491 e. The molecule has 9 heteroatoms. The number of aromatic nitrogens is 3. The van der Waals surface area contributed by atoms with Crippen LogP contribution in [0.2, 0.25) is 0 Å². The summed E-state index contributed by atoms with van der Waals surface area (Å²) in [5, 5.41) is 14.8. The first kappa shape index (κ1) is 23.3. The second-order valence-electron chi connectivity index (χ2n) is 7.43. The van der Waals surface area contributed by atoms with E-state index in [-0.39, 0.29) is 6.10 Å². The molecule has 0 radical (unpaired) electrons. The van der Waals surface area contributed by atoms with Crippen LogP contribution in [-0.2, 0) is 24.4 Å². The minimum absolute atomic E-state index is 0.138. The zero-order valence-electron chi connectivity index (χ0n) is 19.0. The van der Waals surface area contributed by atoms with Crippen LogP contribution in [0.15, 0.2) is 58.4 Å². The third-order valence-corrected chi connectivity index (χ3v) is 4.49. The maximum Gasteiger partial charge on any atom is 0.196 e. The standard InChI is InChI=1S/C23H32N6O3/c1-4-29-17-26-28-22(29)15-25-23(24-12-6-13-30-16-21-7-5-14-31-21)27-19-8-10-20(11-9-19)32-18(2)3/h5,7-11,14,17-18H,4,6,12-13,15-16H2,1-3H3,(H2,24,25,27). The van der Waals surface area contributed by atoms with Crippen LogP contribution in [0, 0.1) is 0 Å². The van der Waals surface area contributed by atoms with Crippen LogP contribution >= 0.6 is 0 Å². The summed E-state index contributed by atoms with van der Waals surface area (Å²) >= 11 is 0. The summed E-state index contributed by atoms with van der Waals surface area (Å²) in [6.45, 7) is 9.10. The fourth-order valence-corrected chi connectivity index (χ4v) is 2.93. The molecule has 0 fully saturated rings. The lowest BCUT2D eigenvalue weighted by Crippen LogP contribution is -2.32. The molecule has 0 aliphatic heterocycles. The van der Waals surface area contributed by atoms with E-state index in [4.69, 9.17) is 13.9 Å². The van der Waals surface area contributed by atoms with Gasteiger partial charge in [0, 0.05) is 25.4 Å². The number of furan rings is 1. The summed E-state index contributed by atoms with van der Waals surface area (Å²) in [7, 11) is 0. The molecule has 2 aromatic heterocycles. The van der Waals surface area contributed by atoms with Crippen molar-refractivity contribution in [1.82, 2.24) is 20.1 Å².